The van der Waals surface area contributed by atoms with Crippen LogP contribution < -0.4 is 5.73 Å². The lowest BCUT2D eigenvalue weighted by molar-refractivity contribution is 0.399. The van der Waals surface area contributed by atoms with Crippen LogP contribution in [0.2, 0.25) is 10.0 Å². The minimum absolute atomic E-state index is 0.713. The Labute approximate surface area is 241 Å². The normalized spacial score (nSPS) is 7.81. The first-order valence-corrected chi connectivity index (χ1v) is 14.5. The molecule has 0 heterocycles. The molecular weight excluding hydrogens is 497 g/mol. The maximum absolute atomic E-state index is 7.00. The third-order valence-corrected chi connectivity index (χ3v) is 4.68. The number of nitrogen functional groups attached to an aromatic ring is 1. The third kappa shape index (κ3) is 20.7. The fourth-order valence-electron chi connectivity index (χ4n) is 2.63. The first kappa shape index (κ1) is 45.0. The Hall–Kier alpha value is -2.00. The van der Waals surface area contributed by atoms with Gasteiger partial charge in [-0.3, -0.25) is 0 Å². The number of hydrogen-bond acceptors (Lipinski definition) is 2. The summed E-state index contributed by atoms with van der Waals surface area (Å²) in [5.74, 6) is 0. The quantitative estimate of drug-likeness (QED) is 0.309. The molecule has 214 valence electrons. The summed E-state index contributed by atoms with van der Waals surface area (Å²) < 4.78 is 0. The van der Waals surface area contributed by atoms with E-state index in [9.17, 15) is 0 Å². The van der Waals surface area contributed by atoms with E-state index in [0.29, 0.717) is 5.02 Å². The van der Waals surface area contributed by atoms with Crippen molar-refractivity contribution >= 4 is 28.9 Å². The number of halogens is 2. The molecule has 0 bridgehead atoms. The van der Waals surface area contributed by atoms with Crippen LogP contribution in [0.3, 0.4) is 0 Å². The zero-order valence-electron chi connectivity index (χ0n) is 26.3. The van der Waals surface area contributed by atoms with E-state index in [-0.39, 0.29) is 0 Å². The molecule has 0 fully saturated rings. The third-order valence-electron chi connectivity index (χ3n) is 4.12. The van der Waals surface area contributed by atoms with Crippen molar-refractivity contribution in [2.24, 2.45) is 0 Å². The molecule has 0 atom stereocenters. The van der Waals surface area contributed by atoms with Crippen LogP contribution in [0.1, 0.15) is 92.9 Å². The number of aliphatic hydroxyl groups excluding tert-OH is 1. The van der Waals surface area contributed by atoms with Gasteiger partial charge in [-0.25, -0.2) is 0 Å². The van der Waals surface area contributed by atoms with Crippen molar-refractivity contribution < 1.29 is 5.11 Å². The Kier molecular flexibility index (Phi) is 41.3. The zero-order valence-corrected chi connectivity index (χ0v) is 27.8. The van der Waals surface area contributed by atoms with E-state index in [1.54, 1.807) is 6.07 Å². The molecule has 3 rings (SSSR count). The lowest BCUT2D eigenvalue weighted by Crippen LogP contribution is -1.89. The van der Waals surface area contributed by atoms with Crippen LogP contribution in [0.25, 0.3) is 11.1 Å². The molecular formula is C33H57Cl2NO. The van der Waals surface area contributed by atoms with Gasteiger partial charge >= 0.3 is 0 Å². The highest BCUT2D eigenvalue weighted by atomic mass is 35.5. The summed E-state index contributed by atoms with van der Waals surface area (Å²) in [6.07, 6.45) is 0.960. The number of nitrogens with two attached hydrogens (primary N) is 1. The van der Waals surface area contributed by atoms with Gasteiger partial charge in [0.15, 0.2) is 0 Å². The van der Waals surface area contributed by atoms with Crippen LogP contribution >= 0.6 is 23.2 Å². The second-order valence-corrected chi connectivity index (χ2v) is 6.82. The number of anilines is 1. The molecule has 0 aliphatic carbocycles. The average Bonchev–Trinajstić information content (AvgIpc) is 2.97. The van der Waals surface area contributed by atoms with Crippen LogP contribution in [0.5, 0.6) is 0 Å². The van der Waals surface area contributed by atoms with Crippen LogP contribution in [-0.4, -0.2) is 12.2 Å². The number of aryl methyl sites for hydroxylation is 2. The Balaban J connectivity index is -0.000000133. The number of benzene rings is 3. The first-order valence-electron chi connectivity index (χ1n) is 13.7. The number of aliphatic hydroxyl groups is 1. The minimum Gasteiger partial charge on any atom is -0.400 e. The maximum atomic E-state index is 7.00. The lowest BCUT2D eigenvalue weighted by atomic mass is 10.0. The summed E-state index contributed by atoms with van der Waals surface area (Å²) in [5, 5.41) is 8.49. The molecule has 0 radical (unpaired) electrons. The van der Waals surface area contributed by atoms with Crippen LogP contribution in [0.15, 0.2) is 60.7 Å². The highest BCUT2D eigenvalue weighted by Gasteiger charge is 2.02. The summed E-state index contributed by atoms with van der Waals surface area (Å²) in [4.78, 5) is 0. The van der Waals surface area contributed by atoms with Crippen LogP contribution in [0, 0.1) is 13.8 Å². The summed E-state index contributed by atoms with van der Waals surface area (Å²) in [7, 11) is 1.00. The van der Waals surface area contributed by atoms with E-state index in [1.807, 2.05) is 113 Å². The van der Waals surface area contributed by atoms with Crippen molar-refractivity contribution in [2.45, 2.75) is 96.4 Å². The van der Waals surface area contributed by atoms with Gasteiger partial charge in [0.25, 0.3) is 0 Å². The second-order valence-electron chi connectivity index (χ2n) is 5.97. The summed E-state index contributed by atoms with van der Waals surface area (Å²) in [6.45, 7) is 26.1. The maximum Gasteiger partial charge on any atom is 0.0455 e. The van der Waals surface area contributed by atoms with Crippen molar-refractivity contribution in [3.63, 3.8) is 0 Å². The molecule has 0 aliphatic rings. The molecule has 3 aromatic carbocycles. The minimum atomic E-state index is 0.713. The summed E-state index contributed by atoms with van der Waals surface area (Å²) in [5.41, 5.74) is 12.6. The second kappa shape index (κ2) is 34.0. The van der Waals surface area contributed by atoms with E-state index in [1.165, 1.54) is 22.3 Å². The van der Waals surface area contributed by atoms with Gasteiger partial charge in [0, 0.05) is 22.8 Å². The van der Waals surface area contributed by atoms with Gasteiger partial charge < -0.3 is 10.8 Å². The smallest absolute Gasteiger partial charge is 0.0455 e. The van der Waals surface area contributed by atoms with E-state index in [4.69, 9.17) is 34.0 Å². The van der Waals surface area contributed by atoms with Gasteiger partial charge in [0.1, 0.15) is 0 Å². The predicted molar refractivity (Wildman–Crippen MR) is 176 cm³/mol. The van der Waals surface area contributed by atoms with Crippen molar-refractivity contribution in [1.82, 2.24) is 0 Å². The van der Waals surface area contributed by atoms with Crippen molar-refractivity contribution in [2.75, 3.05) is 12.8 Å². The Morgan fingerprint density at radius 2 is 1.08 bits per heavy atom. The van der Waals surface area contributed by atoms with Crippen molar-refractivity contribution in [3.8, 4) is 11.1 Å². The van der Waals surface area contributed by atoms with E-state index >= 15 is 0 Å². The fourth-order valence-corrected chi connectivity index (χ4v) is 3.36. The summed E-state index contributed by atoms with van der Waals surface area (Å²) in [6, 6.07) is 20.1. The Morgan fingerprint density at radius 3 is 1.46 bits per heavy atom. The van der Waals surface area contributed by atoms with E-state index in [2.05, 4.69) is 31.2 Å². The van der Waals surface area contributed by atoms with Crippen LogP contribution in [0.4, 0.5) is 5.69 Å². The predicted octanol–water partition coefficient (Wildman–Crippen LogP) is 11.8. The zero-order chi connectivity index (χ0) is 30.4. The molecule has 37 heavy (non-hydrogen) atoms. The molecule has 0 aromatic heterocycles. The molecule has 0 aliphatic heterocycles. The van der Waals surface area contributed by atoms with E-state index < -0.39 is 0 Å². The SMILES string of the molecule is CC.CC.CC.CC.CC.CCc1c(C)cc(Cl)cc1Cl.CO.Cc1ccc(-c2ccccc2)cc1N. The van der Waals surface area contributed by atoms with Gasteiger partial charge in [-0.15, -0.1) is 0 Å². The molecule has 4 heteroatoms. The standard InChI is InChI=1S/C13H13N.C9H10Cl2.5C2H6.CH4O/c1-10-7-8-12(9-13(10)14)11-5-3-2-4-6-11;1-3-8-6(2)4-7(10)5-9(8)11;6*1-2/h2-9H,14H2,1H3;4-5H,3H2,1-2H3;5*1-2H3;2H,1H3. The van der Waals surface area contributed by atoms with Gasteiger partial charge in [0.2, 0.25) is 0 Å². The highest BCUT2D eigenvalue weighted by molar-refractivity contribution is 6.35. The highest BCUT2D eigenvalue weighted by Crippen LogP contribution is 2.25. The molecule has 3 N–H and O–H groups in total. The average molecular weight is 555 g/mol. The molecule has 0 saturated carbocycles. The Bertz CT molecular complexity index is 827. The monoisotopic (exact) mass is 553 g/mol. The topological polar surface area (TPSA) is 46.2 Å². The van der Waals surface area contributed by atoms with Gasteiger partial charge in [-0.1, -0.05) is 142 Å². The molecule has 2 nitrogen and oxygen atoms in total. The molecule has 0 amide bonds. The van der Waals surface area contributed by atoms with Gasteiger partial charge in [0.05, 0.1) is 0 Å². The summed E-state index contributed by atoms with van der Waals surface area (Å²) >= 11 is 11.7. The fraction of sp³-hybridized carbons (Fsp3) is 0.455. The van der Waals surface area contributed by atoms with Crippen molar-refractivity contribution in [1.29, 1.82) is 0 Å². The largest absolute Gasteiger partial charge is 0.400 e. The van der Waals surface area contributed by atoms with Crippen LogP contribution in [-0.2, 0) is 6.42 Å². The van der Waals surface area contributed by atoms with E-state index in [0.717, 1.165) is 29.8 Å². The Morgan fingerprint density at radius 1 is 0.622 bits per heavy atom. The van der Waals surface area contributed by atoms with Crippen molar-refractivity contribution in [3.05, 3.63) is 87.4 Å². The van der Waals surface area contributed by atoms with Gasteiger partial charge in [-0.05, 0) is 66.3 Å². The first-order chi connectivity index (χ1) is 17.9. The number of rotatable bonds is 2. The molecule has 3 aromatic rings. The molecule has 0 unspecified atom stereocenters. The lowest BCUT2D eigenvalue weighted by Gasteiger charge is -2.05. The number of hydrogen-bond donors (Lipinski definition) is 2. The molecule has 0 spiro atoms. The van der Waals surface area contributed by atoms with Gasteiger partial charge in [-0.2, -0.15) is 0 Å². The molecule has 0 saturated heterocycles.